The standard InChI is InChI=1S/C18H13FN2O4.C18H15FN2O2.C17H13FN2O2.C12H10FNO2.C6H6BNO4.Cl3OP.H2/c1-25-17-10-18(22)20(14-3-2-4-15(9-14)21(23)24)11-16(17)12-5-7-13(19)8-6-12;1-23-17-10-18(22)21(15-4-2-3-14(20)9-15)11-16(17)12-5-7-13(19)8-6-12;18-12-6-4-11(5-7-12)15-10-20(17(22)9-16(15)21)14-3-1-2-13(19)8-14;1-16-11-6-12(15)14-7-10(11)8-2-4-9(13)5-3-8;9-7(10)5-2-1-3-6(4-5)8(11)12;1-5(2,3)4;/h2-11H,1H3;2-11H,20H2,1H3;1-10,21H,19H2;2-7H,1H3,(H,14,15);1-4,9-10H;;1H. The van der Waals surface area contributed by atoms with Crippen LogP contribution >= 0.6 is 38.9 Å². The van der Waals surface area contributed by atoms with Crippen molar-refractivity contribution in [1.29, 1.82) is 0 Å². The molecule has 8 aromatic carbocycles. The van der Waals surface area contributed by atoms with Gasteiger partial charge in [-0.05, 0) is 152 Å². The molecule has 103 heavy (non-hydrogen) atoms. The number of halogens is 7. The third-order valence-corrected chi connectivity index (χ3v) is 14.2. The number of nitrogens with two attached hydrogens (primary N) is 2. The number of nitro groups is 2. The van der Waals surface area contributed by atoms with E-state index in [0.717, 1.165) is 28.8 Å². The lowest BCUT2D eigenvalue weighted by atomic mass is 9.80. The number of nitrogen functional groups attached to an aromatic ring is 2. The minimum atomic E-state index is -3.22. The van der Waals surface area contributed by atoms with Gasteiger partial charge in [-0.1, -0.05) is 78.9 Å². The van der Waals surface area contributed by atoms with Gasteiger partial charge >= 0.3 is 12.3 Å². The minimum Gasteiger partial charge on any atom is -0.507 e. The fourth-order valence-electron chi connectivity index (χ4n) is 9.42. The van der Waals surface area contributed by atoms with Gasteiger partial charge in [0.25, 0.3) is 33.6 Å². The second kappa shape index (κ2) is 36.3. The Morgan fingerprint density at radius 2 is 0.786 bits per heavy atom. The number of nitrogens with one attached hydrogen (secondary N) is 1. The highest BCUT2D eigenvalue weighted by molar-refractivity contribution is 8.24. The second-order valence-electron chi connectivity index (χ2n) is 21.1. The van der Waals surface area contributed by atoms with Crippen molar-refractivity contribution >= 4 is 74.3 Å². The summed E-state index contributed by atoms with van der Waals surface area (Å²) in [5, 5.41) is 45.3. The number of benzene rings is 8. The maximum atomic E-state index is 13.2. The third kappa shape index (κ3) is 22.7. The van der Waals surface area contributed by atoms with Crippen LogP contribution in [0.5, 0.6) is 23.0 Å². The molecule has 4 aromatic heterocycles. The van der Waals surface area contributed by atoms with Gasteiger partial charge in [-0.3, -0.25) is 57.7 Å². The molecule has 0 unspecified atom stereocenters. The van der Waals surface area contributed by atoms with Crippen LogP contribution in [-0.2, 0) is 4.57 Å². The van der Waals surface area contributed by atoms with E-state index in [4.69, 9.17) is 35.7 Å². The van der Waals surface area contributed by atoms with Gasteiger partial charge in [0.1, 0.15) is 46.3 Å². The summed E-state index contributed by atoms with van der Waals surface area (Å²) in [6.07, 6.45) is 6.25. The number of nitro benzene ring substituents is 2. The fourth-order valence-corrected chi connectivity index (χ4v) is 9.42. The highest BCUT2D eigenvalue weighted by Crippen LogP contribution is 2.61. The average molecular weight is 1490 g/mol. The van der Waals surface area contributed by atoms with Crippen LogP contribution < -0.4 is 53.4 Å². The number of non-ortho nitro benzene ring substituents is 2. The van der Waals surface area contributed by atoms with Gasteiger partial charge in [0, 0.05) is 108 Å². The van der Waals surface area contributed by atoms with Gasteiger partial charge in [-0.25, -0.2) is 17.6 Å². The first kappa shape index (κ1) is 78.3. The van der Waals surface area contributed by atoms with Crippen LogP contribution in [-0.4, -0.2) is 72.1 Å². The van der Waals surface area contributed by atoms with Gasteiger partial charge in [0.2, 0.25) is 0 Å². The number of aromatic nitrogens is 4. The van der Waals surface area contributed by atoms with Crippen molar-refractivity contribution in [2.75, 3.05) is 32.8 Å². The maximum absolute atomic E-state index is 13.2. The van der Waals surface area contributed by atoms with E-state index in [-0.39, 0.29) is 64.0 Å². The van der Waals surface area contributed by atoms with Crippen LogP contribution in [0.25, 0.3) is 61.6 Å². The van der Waals surface area contributed by atoms with Gasteiger partial charge in [0.15, 0.2) is 0 Å². The Balaban J connectivity index is 0.000000204. The molecule has 12 aromatic rings. The number of aromatic hydroxyl groups is 1. The SMILES string of the molecule is COc1cc(=O)[nH]cc1-c1ccc(F)cc1.COc1cc(=O)n(-c2cccc(N)c2)cc1-c1ccc(F)cc1.COc1cc(=O)n(-c2cccc([N+](=O)[O-])c2)cc1-c1ccc(F)cc1.Nc1cccc(-n2cc(-c3ccc(F)cc3)c(O)cc2=O)c1.O=P(Cl)(Cl)Cl.O=[N+]([O-])c1cccc(B(O)O)c1.[HH]. The highest BCUT2D eigenvalue weighted by atomic mass is 36.0. The predicted octanol–water partition coefficient (Wildman–Crippen LogP) is 14.2. The average Bonchev–Trinajstić information content (AvgIpc) is 0.801. The zero-order valence-electron chi connectivity index (χ0n) is 53.9. The number of rotatable bonds is 13. The van der Waals surface area contributed by atoms with Gasteiger partial charge in [-0.2, -0.15) is 0 Å². The van der Waals surface area contributed by atoms with Crippen LogP contribution in [0.15, 0.2) is 262 Å². The zero-order valence-corrected chi connectivity index (χ0v) is 57.1. The molecule has 0 aliphatic carbocycles. The number of hydrogen-bond donors (Lipinski definition) is 6. The van der Waals surface area contributed by atoms with E-state index < -0.39 is 27.7 Å². The molecule has 0 aliphatic heterocycles. The molecule has 530 valence electrons. The third-order valence-electron chi connectivity index (χ3n) is 14.2. The Morgan fingerprint density at radius 3 is 1.16 bits per heavy atom. The first-order chi connectivity index (χ1) is 48.9. The van der Waals surface area contributed by atoms with E-state index in [9.17, 15) is 66.6 Å². The van der Waals surface area contributed by atoms with E-state index in [1.165, 1.54) is 151 Å². The Hall–Kier alpha value is -12.0. The molecule has 8 N–H and O–H groups in total. The molecule has 32 heteroatoms. The van der Waals surface area contributed by atoms with E-state index in [0.29, 0.717) is 73.5 Å². The van der Waals surface area contributed by atoms with Crippen LogP contribution in [0.4, 0.5) is 40.3 Å². The number of H-pyrrole nitrogens is 1. The Bertz CT molecular complexity index is 5270. The fraction of sp³-hybridized carbons (Fsp3) is 0.0423. The highest BCUT2D eigenvalue weighted by Gasteiger charge is 2.18. The lowest BCUT2D eigenvalue weighted by Crippen LogP contribution is -2.29. The minimum absolute atomic E-state index is 0. The second-order valence-corrected chi connectivity index (χ2v) is 27.7. The van der Waals surface area contributed by atoms with Crippen molar-refractivity contribution in [3.05, 3.63) is 328 Å². The molecule has 0 spiro atoms. The van der Waals surface area contributed by atoms with Crippen molar-refractivity contribution in [2.24, 2.45) is 0 Å². The summed E-state index contributed by atoms with van der Waals surface area (Å²) in [6, 6.07) is 53.4. The summed E-state index contributed by atoms with van der Waals surface area (Å²) >= 11 is 13.8. The topological polar surface area (TPSA) is 343 Å². The lowest BCUT2D eigenvalue weighted by Gasteiger charge is -2.13. The summed E-state index contributed by atoms with van der Waals surface area (Å²) in [4.78, 5) is 70.5. The molecule has 0 bridgehead atoms. The molecule has 0 saturated heterocycles. The van der Waals surface area contributed by atoms with Crippen molar-refractivity contribution in [2.45, 2.75) is 0 Å². The van der Waals surface area contributed by atoms with Crippen molar-refractivity contribution in [3.63, 3.8) is 0 Å². The molecule has 0 radical (unpaired) electrons. The van der Waals surface area contributed by atoms with Crippen molar-refractivity contribution in [3.8, 4) is 84.6 Å². The molecule has 0 saturated carbocycles. The Labute approximate surface area is 598 Å². The van der Waals surface area contributed by atoms with E-state index in [2.05, 4.69) is 38.7 Å². The van der Waals surface area contributed by atoms with Gasteiger partial charge in [0.05, 0.1) is 48.2 Å². The largest absolute Gasteiger partial charge is 0.507 e. The summed E-state index contributed by atoms with van der Waals surface area (Å²) < 4.78 is 81.4. The smallest absolute Gasteiger partial charge is 0.488 e. The molecule has 4 heterocycles. The van der Waals surface area contributed by atoms with E-state index in [1.807, 2.05) is 0 Å². The summed E-state index contributed by atoms with van der Waals surface area (Å²) in [7, 11) is 2.75. The number of pyridine rings is 4. The number of methoxy groups -OCH3 is 3. The normalized spacial score (nSPS) is 10.4. The number of nitrogens with zero attached hydrogens (tertiary/aromatic N) is 5. The number of ether oxygens (including phenoxy) is 3. The molecular weight excluding hydrogens is 1430 g/mol. The lowest BCUT2D eigenvalue weighted by molar-refractivity contribution is -0.385. The Kier molecular flexibility index (Phi) is 27.6. The van der Waals surface area contributed by atoms with E-state index >= 15 is 0 Å². The molecular formula is C71H59BCl3F4N8O15P. The Morgan fingerprint density at radius 1 is 0.466 bits per heavy atom. The predicted molar refractivity (Wildman–Crippen MR) is 392 cm³/mol. The monoisotopic (exact) mass is 1490 g/mol. The van der Waals surface area contributed by atoms with Gasteiger partial charge < -0.3 is 45.8 Å². The van der Waals surface area contributed by atoms with Gasteiger partial charge in [-0.15, -0.1) is 0 Å². The molecule has 23 nitrogen and oxygen atoms in total. The molecule has 0 atom stereocenters. The first-order valence-corrected chi connectivity index (χ1v) is 34.0. The van der Waals surface area contributed by atoms with E-state index in [1.54, 1.807) is 116 Å². The zero-order chi connectivity index (χ0) is 75.2. The summed E-state index contributed by atoms with van der Waals surface area (Å²) in [5.74, 6) is -0.293. The first-order valence-electron chi connectivity index (χ1n) is 29.6. The van der Waals surface area contributed by atoms with Crippen LogP contribution in [0.2, 0.25) is 0 Å². The maximum Gasteiger partial charge on any atom is 0.488 e. The van der Waals surface area contributed by atoms with Crippen molar-refractivity contribution in [1.82, 2.24) is 18.7 Å². The number of anilines is 2. The summed E-state index contributed by atoms with van der Waals surface area (Å²) in [5.41, 5.74) is 18.0. The molecule has 0 fully saturated rings. The van der Waals surface area contributed by atoms with Crippen LogP contribution in [0, 0.1) is 43.5 Å². The van der Waals surface area contributed by atoms with Crippen LogP contribution in [0.1, 0.15) is 1.43 Å². The molecule has 0 aliphatic rings. The molecule has 0 amide bonds. The van der Waals surface area contributed by atoms with Crippen molar-refractivity contribution < 1.29 is 62.8 Å². The van der Waals surface area contributed by atoms with Crippen LogP contribution in [0.3, 0.4) is 0 Å². The quantitative estimate of drug-likeness (QED) is 0.0156. The summed E-state index contributed by atoms with van der Waals surface area (Å²) in [6.45, 7) is 0. The number of aromatic amines is 1. The molecule has 12 rings (SSSR count). The number of hydrogen-bond acceptors (Lipinski definition) is 17.